The maximum atomic E-state index is 13.0. The van der Waals surface area contributed by atoms with Crippen molar-refractivity contribution in [3.05, 3.63) is 53.6 Å². The molecule has 0 aromatic heterocycles. The number of aryl methyl sites for hydroxylation is 1. The van der Waals surface area contributed by atoms with E-state index in [1.165, 1.54) is 13.0 Å². The van der Waals surface area contributed by atoms with Gasteiger partial charge in [-0.05, 0) is 55.8 Å². The molecular weight excluding hydrogens is 404 g/mol. The van der Waals surface area contributed by atoms with E-state index < -0.39 is 16.2 Å². The lowest BCUT2D eigenvalue weighted by Gasteiger charge is -2.38. The van der Waals surface area contributed by atoms with Crippen LogP contribution < -0.4 is 14.9 Å². The molecule has 1 saturated heterocycles. The molecule has 30 heavy (non-hydrogen) atoms. The summed E-state index contributed by atoms with van der Waals surface area (Å²) in [5.74, 6) is -0.270. The van der Waals surface area contributed by atoms with E-state index in [1.807, 2.05) is 19.1 Å². The van der Waals surface area contributed by atoms with Gasteiger partial charge < -0.3 is 15.1 Å². The summed E-state index contributed by atoms with van der Waals surface area (Å²) in [6.45, 7) is 5.62. The SMILES string of the molecule is CC(=O)c1ccc(N2CCN(C(=O)[C@@H]3Nc4cc(C)ccc4S(=O)(=O)N3)CC2)cc1. The normalized spacial score (nSPS) is 20.3. The van der Waals surface area contributed by atoms with E-state index in [9.17, 15) is 18.0 Å². The zero-order valence-electron chi connectivity index (χ0n) is 16.9. The van der Waals surface area contributed by atoms with Crippen molar-refractivity contribution in [1.82, 2.24) is 9.62 Å². The summed E-state index contributed by atoms with van der Waals surface area (Å²) >= 11 is 0. The summed E-state index contributed by atoms with van der Waals surface area (Å²) in [5, 5.41) is 3.02. The first-order chi connectivity index (χ1) is 14.2. The molecule has 0 aliphatic carbocycles. The molecule has 1 fully saturated rings. The highest BCUT2D eigenvalue weighted by molar-refractivity contribution is 7.89. The molecule has 1 atom stereocenters. The highest BCUT2D eigenvalue weighted by atomic mass is 32.2. The number of carbonyl (C=O) groups is 2. The van der Waals surface area contributed by atoms with Crippen LogP contribution in [-0.4, -0.2) is 57.4 Å². The molecule has 0 saturated carbocycles. The molecule has 2 N–H and O–H groups in total. The molecular formula is C21H24N4O4S. The Morgan fingerprint density at radius 2 is 1.67 bits per heavy atom. The zero-order valence-corrected chi connectivity index (χ0v) is 17.7. The molecule has 4 rings (SSSR count). The fourth-order valence-electron chi connectivity index (χ4n) is 3.78. The zero-order chi connectivity index (χ0) is 21.5. The van der Waals surface area contributed by atoms with Crippen LogP contribution in [0, 0.1) is 6.92 Å². The number of Topliss-reactive ketones (excluding diaryl/α,β-unsaturated/α-hetero) is 1. The van der Waals surface area contributed by atoms with Gasteiger partial charge in [0.15, 0.2) is 11.9 Å². The molecule has 0 spiro atoms. The van der Waals surface area contributed by atoms with Gasteiger partial charge in [0.25, 0.3) is 5.91 Å². The fourth-order valence-corrected chi connectivity index (χ4v) is 5.03. The van der Waals surface area contributed by atoms with Crippen LogP contribution in [0.5, 0.6) is 0 Å². The summed E-state index contributed by atoms with van der Waals surface area (Å²) in [5.41, 5.74) is 3.01. The number of amides is 1. The third-order valence-corrected chi connectivity index (χ3v) is 6.96. The molecule has 2 aliphatic heterocycles. The quantitative estimate of drug-likeness (QED) is 0.721. The Balaban J connectivity index is 1.43. The van der Waals surface area contributed by atoms with Gasteiger partial charge in [0.05, 0.1) is 5.69 Å². The molecule has 0 unspecified atom stereocenters. The topological polar surface area (TPSA) is 98.8 Å². The molecule has 2 aromatic rings. The largest absolute Gasteiger partial charge is 0.368 e. The van der Waals surface area contributed by atoms with Crippen LogP contribution in [0.2, 0.25) is 0 Å². The van der Waals surface area contributed by atoms with Crippen LogP contribution in [-0.2, 0) is 14.8 Å². The minimum atomic E-state index is -3.75. The molecule has 1 amide bonds. The second-order valence-corrected chi connectivity index (χ2v) is 9.30. The van der Waals surface area contributed by atoms with E-state index in [-0.39, 0.29) is 16.6 Å². The average Bonchev–Trinajstić information content (AvgIpc) is 2.72. The van der Waals surface area contributed by atoms with E-state index in [1.54, 1.807) is 29.2 Å². The van der Waals surface area contributed by atoms with Crippen LogP contribution >= 0.6 is 0 Å². The van der Waals surface area contributed by atoms with Crippen LogP contribution in [0.1, 0.15) is 22.8 Å². The van der Waals surface area contributed by atoms with Crippen LogP contribution in [0.3, 0.4) is 0 Å². The minimum absolute atomic E-state index is 0.0242. The molecule has 158 valence electrons. The first-order valence-corrected chi connectivity index (χ1v) is 11.3. The third-order valence-electron chi connectivity index (χ3n) is 5.47. The number of anilines is 2. The van der Waals surface area contributed by atoms with Crippen molar-refractivity contribution in [2.75, 3.05) is 36.4 Å². The van der Waals surface area contributed by atoms with Crippen LogP contribution in [0.4, 0.5) is 11.4 Å². The number of hydrogen-bond donors (Lipinski definition) is 2. The van der Waals surface area contributed by atoms with Gasteiger partial charge in [-0.1, -0.05) is 6.07 Å². The highest BCUT2D eigenvalue weighted by Crippen LogP contribution is 2.27. The predicted molar refractivity (Wildman–Crippen MR) is 114 cm³/mol. The Kier molecular flexibility index (Phi) is 5.25. The maximum Gasteiger partial charge on any atom is 0.261 e. The minimum Gasteiger partial charge on any atom is -0.368 e. The Labute approximate surface area is 175 Å². The molecule has 2 aliphatic rings. The number of rotatable bonds is 3. The van der Waals surface area contributed by atoms with E-state index in [2.05, 4.69) is 14.9 Å². The van der Waals surface area contributed by atoms with Crippen LogP contribution in [0.15, 0.2) is 47.4 Å². The van der Waals surface area contributed by atoms with Crippen molar-refractivity contribution in [3.63, 3.8) is 0 Å². The predicted octanol–water partition coefficient (Wildman–Crippen LogP) is 1.58. The van der Waals surface area contributed by atoms with Crippen LogP contribution in [0.25, 0.3) is 0 Å². The fraction of sp³-hybridized carbons (Fsp3) is 0.333. The highest BCUT2D eigenvalue weighted by Gasteiger charge is 2.36. The van der Waals surface area contributed by atoms with Crippen molar-refractivity contribution in [1.29, 1.82) is 0 Å². The number of ketones is 1. The van der Waals surface area contributed by atoms with Crippen molar-refractivity contribution in [3.8, 4) is 0 Å². The summed E-state index contributed by atoms with van der Waals surface area (Å²) in [4.78, 5) is 28.4. The Hall–Kier alpha value is -2.91. The number of sulfonamides is 1. The van der Waals surface area contributed by atoms with Gasteiger partial charge >= 0.3 is 0 Å². The number of benzene rings is 2. The Bertz CT molecular complexity index is 1090. The Morgan fingerprint density at radius 3 is 2.30 bits per heavy atom. The molecule has 2 aromatic carbocycles. The summed E-state index contributed by atoms with van der Waals surface area (Å²) in [7, 11) is -3.75. The van der Waals surface area contributed by atoms with Gasteiger partial charge in [-0.15, -0.1) is 0 Å². The second-order valence-electron chi connectivity index (χ2n) is 7.61. The first kappa shape index (κ1) is 20.4. The lowest BCUT2D eigenvalue weighted by Crippen LogP contribution is -2.58. The smallest absolute Gasteiger partial charge is 0.261 e. The van der Waals surface area contributed by atoms with Crippen molar-refractivity contribution >= 4 is 33.1 Å². The second kappa shape index (κ2) is 7.73. The number of nitrogens with zero attached hydrogens (tertiary/aromatic N) is 2. The summed E-state index contributed by atoms with van der Waals surface area (Å²) in [6, 6.07) is 12.4. The third kappa shape index (κ3) is 3.90. The molecule has 0 radical (unpaired) electrons. The van der Waals surface area contributed by atoms with Crippen molar-refractivity contribution in [2.45, 2.75) is 24.9 Å². The Morgan fingerprint density at radius 1 is 1.00 bits per heavy atom. The standard InChI is InChI=1S/C21H24N4O4S/c1-14-3-8-19-18(13-14)22-20(23-30(19,28)29)21(27)25-11-9-24(10-12-25)17-6-4-16(5-7-17)15(2)26/h3-8,13,20,22-23H,9-12H2,1-2H3/t20-/m1/s1. The number of fused-ring (bicyclic) bond motifs is 1. The van der Waals surface area contributed by atoms with Gasteiger partial charge in [-0.2, -0.15) is 4.72 Å². The number of piperazine rings is 1. The lowest BCUT2D eigenvalue weighted by molar-refractivity contribution is -0.132. The van der Waals surface area contributed by atoms with Gasteiger partial charge in [0.2, 0.25) is 10.0 Å². The lowest BCUT2D eigenvalue weighted by atomic mass is 10.1. The number of hydrogen-bond acceptors (Lipinski definition) is 6. The van der Waals surface area contributed by atoms with E-state index in [4.69, 9.17) is 0 Å². The van der Waals surface area contributed by atoms with E-state index in [0.29, 0.717) is 37.4 Å². The van der Waals surface area contributed by atoms with Gasteiger partial charge in [0.1, 0.15) is 4.90 Å². The van der Waals surface area contributed by atoms with Crippen molar-refractivity contribution < 1.29 is 18.0 Å². The van der Waals surface area contributed by atoms with E-state index in [0.717, 1.165) is 11.3 Å². The first-order valence-electron chi connectivity index (χ1n) is 9.79. The monoisotopic (exact) mass is 428 g/mol. The van der Waals surface area contributed by atoms with Gasteiger partial charge in [0, 0.05) is 37.4 Å². The summed E-state index contributed by atoms with van der Waals surface area (Å²) < 4.78 is 27.5. The maximum absolute atomic E-state index is 13.0. The molecule has 8 nitrogen and oxygen atoms in total. The van der Waals surface area contributed by atoms with Gasteiger partial charge in [-0.25, -0.2) is 8.42 Å². The molecule has 2 heterocycles. The van der Waals surface area contributed by atoms with Gasteiger partial charge in [-0.3, -0.25) is 9.59 Å². The number of nitrogens with one attached hydrogen (secondary N) is 2. The molecule has 9 heteroatoms. The van der Waals surface area contributed by atoms with Crippen molar-refractivity contribution in [2.24, 2.45) is 0 Å². The summed E-state index contributed by atoms with van der Waals surface area (Å²) in [6.07, 6.45) is -1.02. The van der Waals surface area contributed by atoms with E-state index >= 15 is 0 Å². The average molecular weight is 429 g/mol. The molecule has 0 bridgehead atoms. The number of carbonyl (C=O) groups excluding carboxylic acids is 2.